The fourth-order valence-corrected chi connectivity index (χ4v) is 2.87. The Bertz CT molecular complexity index is 396. The second-order valence-electron chi connectivity index (χ2n) is 5.32. The molecule has 0 heterocycles. The maximum absolute atomic E-state index is 13.9. The summed E-state index contributed by atoms with van der Waals surface area (Å²) in [6, 6.07) is 6.13. The van der Waals surface area contributed by atoms with Crippen LogP contribution in [0.3, 0.4) is 0 Å². The first-order valence-corrected chi connectivity index (χ1v) is 7.51. The van der Waals surface area contributed by atoms with E-state index < -0.39 is 0 Å². The highest BCUT2D eigenvalue weighted by Gasteiger charge is 2.14. The number of anilines is 1. The third-order valence-electron chi connectivity index (χ3n) is 4.06. The lowest BCUT2D eigenvalue weighted by atomic mass is 10.1. The fourth-order valence-electron chi connectivity index (χ4n) is 2.87. The first-order valence-electron chi connectivity index (χ1n) is 7.51. The predicted octanol–water partition coefficient (Wildman–Crippen LogP) is 3.70. The number of hydrogen-bond acceptors (Lipinski definition) is 2. The van der Waals surface area contributed by atoms with Gasteiger partial charge in [-0.2, -0.15) is 0 Å². The normalized spacial score (nSPS) is 15.9. The van der Waals surface area contributed by atoms with Crippen LogP contribution in [0.15, 0.2) is 18.2 Å². The summed E-state index contributed by atoms with van der Waals surface area (Å²) in [6.07, 6.45) is 5.24. The number of nitrogens with one attached hydrogen (secondary N) is 1. The van der Waals surface area contributed by atoms with Crippen molar-refractivity contribution in [1.82, 2.24) is 5.32 Å². The summed E-state index contributed by atoms with van der Waals surface area (Å²) in [6.45, 7) is 6.65. The van der Waals surface area contributed by atoms with Crippen molar-refractivity contribution in [3.05, 3.63) is 29.6 Å². The molecule has 1 aliphatic carbocycles. The number of benzene rings is 1. The maximum atomic E-state index is 13.9. The van der Waals surface area contributed by atoms with Gasteiger partial charge in [0, 0.05) is 25.7 Å². The average Bonchev–Trinajstić information content (AvgIpc) is 2.94. The van der Waals surface area contributed by atoms with Crippen molar-refractivity contribution in [3.8, 4) is 0 Å². The Morgan fingerprint density at radius 2 is 1.89 bits per heavy atom. The summed E-state index contributed by atoms with van der Waals surface area (Å²) in [5.41, 5.74) is 1.91. The third kappa shape index (κ3) is 3.69. The molecule has 0 unspecified atom stereocenters. The van der Waals surface area contributed by atoms with Gasteiger partial charge in [0.2, 0.25) is 0 Å². The molecular weight excluding hydrogens is 239 g/mol. The SMILES string of the molecule is CCN(CC)c1cc(CNC2CCCC2)ccc1F. The molecule has 0 saturated heterocycles. The number of halogens is 1. The van der Waals surface area contributed by atoms with Crippen LogP contribution in [-0.4, -0.2) is 19.1 Å². The van der Waals surface area contributed by atoms with Crippen LogP contribution in [0.25, 0.3) is 0 Å². The van der Waals surface area contributed by atoms with Gasteiger partial charge in [-0.05, 0) is 44.4 Å². The Balaban J connectivity index is 2.02. The van der Waals surface area contributed by atoms with Gasteiger partial charge in [-0.1, -0.05) is 18.9 Å². The molecule has 0 aromatic heterocycles. The van der Waals surface area contributed by atoms with E-state index in [0.717, 1.165) is 25.3 Å². The van der Waals surface area contributed by atoms with Gasteiger partial charge in [0.15, 0.2) is 0 Å². The molecule has 0 aliphatic heterocycles. The third-order valence-corrected chi connectivity index (χ3v) is 4.06. The fraction of sp³-hybridized carbons (Fsp3) is 0.625. The van der Waals surface area contributed by atoms with Crippen LogP contribution in [0.2, 0.25) is 0 Å². The van der Waals surface area contributed by atoms with Crippen LogP contribution in [-0.2, 0) is 6.54 Å². The molecule has 1 aliphatic rings. The lowest BCUT2D eigenvalue weighted by Crippen LogP contribution is -2.26. The van der Waals surface area contributed by atoms with Gasteiger partial charge < -0.3 is 10.2 Å². The second-order valence-corrected chi connectivity index (χ2v) is 5.32. The minimum absolute atomic E-state index is 0.117. The van der Waals surface area contributed by atoms with E-state index in [1.807, 2.05) is 12.1 Å². The Morgan fingerprint density at radius 1 is 1.21 bits per heavy atom. The van der Waals surface area contributed by atoms with Crippen molar-refractivity contribution in [2.45, 2.75) is 52.1 Å². The molecule has 1 aromatic rings. The molecule has 1 N–H and O–H groups in total. The van der Waals surface area contributed by atoms with Crippen LogP contribution in [0, 0.1) is 5.82 Å². The van der Waals surface area contributed by atoms with E-state index in [-0.39, 0.29) is 5.82 Å². The number of hydrogen-bond donors (Lipinski definition) is 1. The first-order chi connectivity index (χ1) is 9.24. The molecule has 1 saturated carbocycles. The van der Waals surface area contributed by atoms with Gasteiger partial charge in [0.25, 0.3) is 0 Å². The molecule has 106 valence electrons. The summed E-state index contributed by atoms with van der Waals surface area (Å²) < 4.78 is 13.9. The van der Waals surface area contributed by atoms with Crippen molar-refractivity contribution < 1.29 is 4.39 Å². The molecule has 1 aromatic carbocycles. The van der Waals surface area contributed by atoms with E-state index >= 15 is 0 Å². The lowest BCUT2D eigenvalue weighted by Gasteiger charge is -2.22. The Kier molecular flexibility index (Phi) is 5.20. The van der Waals surface area contributed by atoms with Gasteiger partial charge in [-0.25, -0.2) is 4.39 Å². The van der Waals surface area contributed by atoms with Gasteiger partial charge in [-0.15, -0.1) is 0 Å². The Labute approximate surface area is 116 Å². The van der Waals surface area contributed by atoms with Crippen molar-refractivity contribution in [2.75, 3.05) is 18.0 Å². The van der Waals surface area contributed by atoms with Gasteiger partial charge >= 0.3 is 0 Å². The molecule has 0 bridgehead atoms. The molecule has 1 fully saturated rings. The minimum atomic E-state index is -0.117. The summed E-state index contributed by atoms with van der Waals surface area (Å²) >= 11 is 0. The molecule has 0 spiro atoms. The molecule has 0 amide bonds. The second kappa shape index (κ2) is 6.90. The zero-order valence-electron chi connectivity index (χ0n) is 12.1. The predicted molar refractivity (Wildman–Crippen MR) is 79.1 cm³/mol. The highest BCUT2D eigenvalue weighted by molar-refractivity contribution is 5.49. The first kappa shape index (κ1) is 14.3. The smallest absolute Gasteiger partial charge is 0.146 e. The molecule has 2 nitrogen and oxygen atoms in total. The maximum Gasteiger partial charge on any atom is 0.146 e. The number of rotatable bonds is 6. The van der Waals surface area contributed by atoms with Gasteiger partial charge in [0.05, 0.1) is 5.69 Å². The zero-order chi connectivity index (χ0) is 13.7. The van der Waals surface area contributed by atoms with E-state index in [2.05, 4.69) is 24.1 Å². The van der Waals surface area contributed by atoms with Crippen molar-refractivity contribution in [1.29, 1.82) is 0 Å². The lowest BCUT2D eigenvalue weighted by molar-refractivity contribution is 0.523. The van der Waals surface area contributed by atoms with Crippen molar-refractivity contribution in [2.24, 2.45) is 0 Å². The standard InChI is InChI=1S/C16H25FN2/c1-3-19(4-2)16-11-13(9-10-15(16)17)12-18-14-7-5-6-8-14/h9-11,14,18H,3-8,12H2,1-2H3. The Morgan fingerprint density at radius 3 is 2.53 bits per heavy atom. The molecule has 19 heavy (non-hydrogen) atoms. The highest BCUT2D eigenvalue weighted by atomic mass is 19.1. The van der Waals surface area contributed by atoms with E-state index in [0.29, 0.717) is 6.04 Å². The number of nitrogens with zero attached hydrogens (tertiary/aromatic N) is 1. The van der Waals surface area contributed by atoms with E-state index in [9.17, 15) is 4.39 Å². The largest absolute Gasteiger partial charge is 0.370 e. The minimum Gasteiger partial charge on any atom is -0.370 e. The van der Waals surface area contributed by atoms with Crippen LogP contribution in [0.5, 0.6) is 0 Å². The summed E-state index contributed by atoms with van der Waals surface area (Å²) in [5.74, 6) is -0.117. The summed E-state index contributed by atoms with van der Waals surface area (Å²) in [5, 5.41) is 3.58. The van der Waals surface area contributed by atoms with Gasteiger partial charge in [-0.3, -0.25) is 0 Å². The van der Waals surface area contributed by atoms with Crippen LogP contribution < -0.4 is 10.2 Å². The van der Waals surface area contributed by atoms with Crippen LogP contribution in [0.1, 0.15) is 45.1 Å². The molecule has 3 heteroatoms. The molecular formula is C16H25FN2. The molecule has 2 rings (SSSR count). The zero-order valence-corrected chi connectivity index (χ0v) is 12.1. The van der Waals surface area contributed by atoms with Gasteiger partial charge in [0.1, 0.15) is 5.82 Å². The van der Waals surface area contributed by atoms with Crippen molar-refractivity contribution >= 4 is 5.69 Å². The quantitative estimate of drug-likeness (QED) is 0.842. The van der Waals surface area contributed by atoms with E-state index in [4.69, 9.17) is 0 Å². The molecule has 0 atom stereocenters. The highest BCUT2D eigenvalue weighted by Crippen LogP contribution is 2.22. The van der Waals surface area contributed by atoms with E-state index in [1.165, 1.54) is 31.2 Å². The van der Waals surface area contributed by atoms with Crippen molar-refractivity contribution in [3.63, 3.8) is 0 Å². The van der Waals surface area contributed by atoms with Crippen LogP contribution in [0.4, 0.5) is 10.1 Å². The summed E-state index contributed by atoms with van der Waals surface area (Å²) in [7, 11) is 0. The molecule has 0 radical (unpaired) electrons. The topological polar surface area (TPSA) is 15.3 Å². The summed E-state index contributed by atoms with van der Waals surface area (Å²) in [4.78, 5) is 2.06. The van der Waals surface area contributed by atoms with E-state index in [1.54, 1.807) is 6.07 Å². The monoisotopic (exact) mass is 264 g/mol. The Hall–Kier alpha value is -1.09. The van der Waals surface area contributed by atoms with Crippen LogP contribution >= 0.6 is 0 Å². The average molecular weight is 264 g/mol.